The molecular formula is C23H21N9O. The highest BCUT2D eigenvalue weighted by molar-refractivity contribution is 5.44. The molecule has 1 fully saturated rings. The van der Waals surface area contributed by atoms with Crippen molar-refractivity contribution in [2.45, 2.75) is 6.04 Å². The van der Waals surface area contributed by atoms with Gasteiger partial charge in [-0.2, -0.15) is 0 Å². The Morgan fingerprint density at radius 3 is 2.36 bits per heavy atom. The zero-order valence-electron chi connectivity index (χ0n) is 17.7. The fourth-order valence-electron chi connectivity index (χ4n) is 3.60. The van der Waals surface area contributed by atoms with Gasteiger partial charge >= 0.3 is 0 Å². The Balaban J connectivity index is 1.24. The van der Waals surface area contributed by atoms with Gasteiger partial charge in [-0.05, 0) is 18.2 Å². The molecule has 0 unspecified atom stereocenters. The van der Waals surface area contributed by atoms with Crippen LogP contribution in [0.15, 0.2) is 67.9 Å². The Morgan fingerprint density at radius 2 is 1.67 bits per heavy atom. The van der Waals surface area contributed by atoms with Crippen LogP contribution in [-0.4, -0.2) is 71.9 Å². The summed E-state index contributed by atoms with van der Waals surface area (Å²) in [4.78, 5) is 30.1. The number of hydrogen-bond acceptors (Lipinski definition) is 9. The molecule has 164 valence electrons. The lowest BCUT2D eigenvalue weighted by Gasteiger charge is -2.40. The maximum absolute atomic E-state index is 9.89. The largest absolute Gasteiger partial charge is 0.394 e. The molecule has 10 heteroatoms. The van der Waals surface area contributed by atoms with E-state index in [9.17, 15) is 5.11 Å². The molecule has 1 aliphatic heterocycles. The number of hydrogen-bond donors (Lipinski definition) is 1. The number of aliphatic hydroxyl groups excluding tert-OH is 1. The number of aliphatic hydroxyl groups is 1. The van der Waals surface area contributed by atoms with Gasteiger partial charge in [0.1, 0.15) is 12.1 Å². The van der Waals surface area contributed by atoms with E-state index in [2.05, 4.69) is 46.6 Å². The van der Waals surface area contributed by atoms with Crippen LogP contribution < -0.4 is 9.80 Å². The van der Waals surface area contributed by atoms with Crippen molar-refractivity contribution in [3.63, 3.8) is 0 Å². The lowest BCUT2D eigenvalue weighted by molar-refractivity contribution is 0.251. The molecule has 1 N–H and O–H groups in total. The molecule has 0 spiro atoms. The summed E-state index contributed by atoms with van der Waals surface area (Å²) in [5, 5.41) is 9.89. The molecule has 1 atom stereocenters. The fraction of sp³-hybridized carbons (Fsp3) is 0.217. The van der Waals surface area contributed by atoms with Gasteiger partial charge in [-0.1, -0.05) is 11.8 Å². The van der Waals surface area contributed by atoms with Crippen molar-refractivity contribution in [1.82, 2.24) is 34.5 Å². The summed E-state index contributed by atoms with van der Waals surface area (Å²) < 4.78 is 1.83. The quantitative estimate of drug-likeness (QED) is 0.465. The minimum Gasteiger partial charge on any atom is -0.394 e. The third-order valence-corrected chi connectivity index (χ3v) is 5.29. The van der Waals surface area contributed by atoms with Crippen molar-refractivity contribution >= 4 is 11.9 Å². The van der Waals surface area contributed by atoms with E-state index in [1.54, 1.807) is 49.6 Å². The zero-order valence-corrected chi connectivity index (χ0v) is 17.7. The second-order valence-corrected chi connectivity index (χ2v) is 7.42. The minimum absolute atomic E-state index is 0.00795. The number of piperazine rings is 1. The van der Waals surface area contributed by atoms with Crippen LogP contribution in [0.1, 0.15) is 11.1 Å². The predicted molar refractivity (Wildman–Crippen MR) is 122 cm³/mol. The second kappa shape index (κ2) is 9.42. The van der Waals surface area contributed by atoms with Gasteiger partial charge in [0.25, 0.3) is 0 Å². The van der Waals surface area contributed by atoms with Crippen LogP contribution in [0.5, 0.6) is 0 Å². The van der Waals surface area contributed by atoms with Crippen molar-refractivity contribution in [3.05, 3.63) is 79.0 Å². The Bertz CT molecular complexity index is 1230. The maximum Gasteiger partial charge on any atom is 0.225 e. The van der Waals surface area contributed by atoms with Crippen molar-refractivity contribution < 1.29 is 5.11 Å². The summed E-state index contributed by atoms with van der Waals surface area (Å²) in [5.74, 6) is 8.18. The average molecular weight is 439 g/mol. The highest BCUT2D eigenvalue weighted by atomic mass is 16.3. The number of anilines is 2. The molecule has 0 bridgehead atoms. The smallest absolute Gasteiger partial charge is 0.225 e. The van der Waals surface area contributed by atoms with Gasteiger partial charge in [-0.15, -0.1) is 0 Å². The number of imidazole rings is 1. The molecule has 0 saturated carbocycles. The van der Waals surface area contributed by atoms with E-state index in [1.807, 2.05) is 27.8 Å². The first-order valence-electron chi connectivity index (χ1n) is 10.5. The highest BCUT2D eigenvalue weighted by Crippen LogP contribution is 2.19. The lowest BCUT2D eigenvalue weighted by atomic mass is 10.2. The Labute approximate surface area is 190 Å². The average Bonchev–Trinajstić information content (AvgIpc) is 3.43. The van der Waals surface area contributed by atoms with Gasteiger partial charge in [0.05, 0.1) is 18.2 Å². The van der Waals surface area contributed by atoms with Crippen LogP contribution >= 0.6 is 0 Å². The Kier molecular flexibility index (Phi) is 5.86. The Morgan fingerprint density at radius 1 is 0.879 bits per heavy atom. The molecule has 4 aromatic rings. The van der Waals surface area contributed by atoms with E-state index in [1.165, 1.54) is 0 Å². The summed E-state index contributed by atoms with van der Waals surface area (Å²) in [7, 11) is 0. The molecule has 10 nitrogen and oxygen atoms in total. The van der Waals surface area contributed by atoms with Crippen LogP contribution in [0, 0.1) is 11.8 Å². The Hall–Kier alpha value is -4.36. The van der Waals surface area contributed by atoms with Gasteiger partial charge in [0, 0.05) is 68.6 Å². The molecule has 33 heavy (non-hydrogen) atoms. The first kappa shape index (κ1) is 20.5. The number of aromatic nitrogens is 7. The molecule has 5 rings (SSSR count). The van der Waals surface area contributed by atoms with Crippen LogP contribution in [-0.2, 0) is 0 Å². The summed E-state index contributed by atoms with van der Waals surface area (Å²) in [6.45, 7) is 1.94. The molecule has 0 amide bonds. The maximum atomic E-state index is 9.89. The van der Waals surface area contributed by atoms with Gasteiger partial charge in [0.15, 0.2) is 0 Å². The van der Waals surface area contributed by atoms with Gasteiger partial charge < -0.3 is 14.9 Å². The molecular weight excluding hydrogens is 418 g/mol. The second-order valence-electron chi connectivity index (χ2n) is 7.42. The van der Waals surface area contributed by atoms with Gasteiger partial charge in [-0.25, -0.2) is 29.9 Å². The zero-order chi connectivity index (χ0) is 22.5. The summed E-state index contributed by atoms with van der Waals surface area (Å²) >= 11 is 0. The van der Waals surface area contributed by atoms with Gasteiger partial charge in [-0.3, -0.25) is 4.57 Å². The molecule has 5 heterocycles. The normalized spacial score (nSPS) is 15.7. The van der Waals surface area contributed by atoms with Crippen molar-refractivity contribution in [2.24, 2.45) is 0 Å². The molecule has 1 saturated heterocycles. The fourth-order valence-corrected chi connectivity index (χ4v) is 3.60. The minimum atomic E-state index is -0.137. The van der Waals surface area contributed by atoms with E-state index in [-0.39, 0.29) is 12.6 Å². The van der Waals surface area contributed by atoms with E-state index in [0.717, 1.165) is 11.4 Å². The van der Waals surface area contributed by atoms with E-state index < -0.39 is 0 Å². The topological polar surface area (TPSA) is 109 Å². The van der Waals surface area contributed by atoms with Crippen LogP contribution in [0.2, 0.25) is 0 Å². The van der Waals surface area contributed by atoms with Crippen LogP contribution in [0.25, 0.3) is 5.82 Å². The van der Waals surface area contributed by atoms with Crippen molar-refractivity contribution in [2.75, 3.05) is 36.0 Å². The van der Waals surface area contributed by atoms with E-state index >= 15 is 0 Å². The van der Waals surface area contributed by atoms with E-state index in [0.29, 0.717) is 37.1 Å². The number of pyridine rings is 1. The lowest BCUT2D eigenvalue weighted by Crippen LogP contribution is -2.56. The van der Waals surface area contributed by atoms with Gasteiger partial charge in [0.2, 0.25) is 11.9 Å². The van der Waals surface area contributed by atoms with Crippen molar-refractivity contribution in [1.29, 1.82) is 0 Å². The summed E-state index contributed by atoms with van der Waals surface area (Å²) in [6.07, 6.45) is 13.8. The molecule has 0 aliphatic carbocycles. The monoisotopic (exact) mass is 439 g/mol. The number of rotatable bonds is 4. The van der Waals surface area contributed by atoms with Crippen molar-refractivity contribution in [3.8, 4) is 17.7 Å². The highest BCUT2D eigenvalue weighted by Gasteiger charge is 2.29. The molecule has 0 radical (unpaired) electrons. The molecule has 1 aliphatic rings. The third-order valence-electron chi connectivity index (χ3n) is 5.29. The predicted octanol–water partition coefficient (Wildman–Crippen LogP) is 0.935. The van der Waals surface area contributed by atoms with Crippen LogP contribution in [0.4, 0.5) is 11.9 Å². The van der Waals surface area contributed by atoms with Crippen LogP contribution in [0.3, 0.4) is 0 Å². The molecule has 4 aromatic heterocycles. The SMILES string of the molecule is OC[C@H]1CN(c2ncc(C#Cc3ccc(-n4ccnc4)nc3)cn2)CCN1c1ncccn1. The summed E-state index contributed by atoms with van der Waals surface area (Å²) in [5.41, 5.74) is 1.51. The first-order chi connectivity index (χ1) is 16.3. The number of nitrogens with zero attached hydrogens (tertiary/aromatic N) is 9. The standard InChI is InChI=1S/C23H21N9O/c33-16-20-15-30(10-11-32(20)23-25-6-1-7-26-23)22-28-13-19(14-29-22)3-2-18-4-5-21(27-12-18)31-9-8-24-17-31/h1,4-9,12-14,17,20,33H,10-11,15-16H2/t20-/m1/s1. The van der Waals surface area contributed by atoms with E-state index in [4.69, 9.17) is 0 Å². The third kappa shape index (κ3) is 4.63. The molecule has 0 aromatic carbocycles. The first-order valence-corrected chi connectivity index (χ1v) is 10.5. The summed E-state index contributed by atoms with van der Waals surface area (Å²) in [6, 6.07) is 5.44.